The highest BCUT2D eigenvalue weighted by Gasteiger charge is 2.19. The minimum atomic E-state index is -0.395. The van der Waals surface area contributed by atoms with Crippen molar-refractivity contribution in [2.75, 3.05) is 0 Å². The summed E-state index contributed by atoms with van der Waals surface area (Å²) in [6.45, 7) is 3.48. The monoisotopic (exact) mass is 336 g/mol. The fourth-order valence-corrected chi connectivity index (χ4v) is 2.29. The molecule has 0 heterocycles. The summed E-state index contributed by atoms with van der Waals surface area (Å²) in [4.78, 5) is 24.3. The number of rotatable bonds is 4. The summed E-state index contributed by atoms with van der Waals surface area (Å²) in [5.74, 6) is -0.410. The van der Waals surface area contributed by atoms with Crippen molar-refractivity contribution in [2.24, 2.45) is 0 Å². The highest BCUT2D eigenvalue weighted by Crippen LogP contribution is 2.28. The highest BCUT2D eigenvalue weighted by molar-refractivity contribution is 6.42. The number of ether oxygens (including phenoxy) is 1. The van der Waals surface area contributed by atoms with E-state index in [4.69, 9.17) is 27.9 Å². The molecule has 0 amide bonds. The minimum absolute atomic E-state index is 0.231. The van der Waals surface area contributed by atoms with E-state index in [9.17, 15) is 9.59 Å². The Balaban J connectivity index is 2.48. The quantitative estimate of drug-likeness (QED) is 0.455. The molecule has 0 spiro atoms. The van der Waals surface area contributed by atoms with E-state index in [0.717, 1.165) is 5.56 Å². The molecular weight excluding hydrogens is 323 g/mol. The van der Waals surface area contributed by atoms with Crippen molar-refractivity contribution in [1.82, 2.24) is 0 Å². The Morgan fingerprint density at radius 2 is 1.82 bits per heavy atom. The van der Waals surface area contributed by atoms with Crippen LogP contribution in [0.5, 0.6) is 5.75 Å². The molecule has 0 bridgehead atoms. The smallest absolute Gasteiger partial charge is 0.310 e. The summed E-state index contributed by atoms with van der Waals surface area (Å²) in [5.41, 5.74) is 1.46. The van der Waals surface area contributed by atoms with E-state index in [2.05, 4.69) is 0 Å². The minimum Gasteiger partial charge on any atom is -0.426 e. The topological polar surface area (TPSA) is 43.4 Å². The average Bonchev–Trinajstić information content (AvgIpc) is 2.49. The van der Waals surface area contributed by atoms with E-state index in [1.165, 1.54) is 6.07 Å². The number of aryl methyl sites for hydroxylation is 1. The van der Waals surface area contributed by atoms with Gasteiger partial charge >= 0.3 is 5.97 Å². The summed E-state index contributed by atoms with van der Waals surface area (Å²) in [5, 5.41) is 0.675. The van der Waals surface area contributed by atoms with E-state index in [0.29, 0.717) is 21.2 Å². The van der Waals surface area contributed by atoms with Crippen molar-refractivity contribution in [2.45, 2.75) is 20.3 Å². The summed E-state index contributed by atoms with van der Waals surface area (Å²) >= 11 is 11.8. The third kappa shape index (κ3) is 3.49. The molecule has 22 heavy (non-hydrogen) atoms. The number of halogens is 2. The molecule has 0 atom stereocenters. The molecule has 0 aliphatic carbocycles. The van der Waals surface area contributed by atoms with Crippen LogP contribution in [-0.2, 0) is 4.79 Å². The van der Waals surface area contributed by atoms with Gasteiger partial charge in [-0.05, 0) is 36.8 Å². The molecule has 0 saturated carbocycles. The molecule has 0 aliphatic heterocycles. The Labute approximate surface area is 138 Å². The van der Waals surface area contributed by atoms with Gasteiger partial charge in [-0.1, -0.05) is 42.3 Å². The molecule has 0 N–H and O–H groups in total. The summed E-state index contributed by atoms with van der Waals surface area (Å²) < 4.78 is 5.25. The molecule has 114 valence electrons. The highest BCUT2D eigenvalue weighted by atomic mass is 35.5. The van der Waals surface area contributed by atoms with Crippen LogP contribution in [0.2, 0.25) is 10.0 Å². The summed E-state index contributed by atoms with van der Waals surface area (Å²) in [6, 6.07) is 9.78. The van der Waals surface area contributed by atoms with Gasteiger partial charge in [-0.15, -0.1) is 0 Å². The predicted octanol–water partition coefficient (Wildman–Crippen LogP) is 4.85. The van der Waals surface area contributed by atoms with Crippen molar-refractivity contribution in [3.05, 3.63) is 63.1 Å². The lowest BCUT2D eigenvalue weighted by Crippen LogP contribution is -2.12. The molecule has 5 heteroatoms. The predicted molar refractivity (Wildman–Crippen MR) is 87.0 cm³/mol. The average molecular weight is 337 g/mol. The van der Waals surface area contributed by atoms with E-state index in [1.54, 1.807) is 44.2 Å². The zero-order valence-corrected chi connectivity index (χ0v) is 13.7. The van der Waals surface area contributed by atoms with Crippen LogP contribution in [0, 0.1) is 6.92 Å². The van der Waals surface area contributed by atoms with Gasteiger partial charge in [0.25, 0.3) is 0 Å². The number of ketones is 1. The van der Waals surface area contributed by atoms with Crippen LogP contribution in [0.4, 0.5) is 0 Å². The molecule has 2 aromatic carbocycles. The first-order chi connectivity index (χ1) is 10.4. The van der Waals surface area contributed by atoms with Gasteiger partial charge in [0.05, 0.1) is 15.6 Å². The number of carbonyl (C=O) groups excluding carboxylic acids is 2. The van der Waals surface area contributed by atoms with Crippen molar-refractivity contribution in [1.29, 1.82) is 0 Å². The van der Waals surface area contributed by atoms with Crippen molar-refractivity contribution in [3.8, 4) is 5.75 Å². The summed E-state index contributed by atoms with van der Waals surface area (Å²) in [7, 11) is 0. The van der Waals surface area contributed by atoms with E-state index in [1.807, 2.05) is 0 Å². The lowest BCUT2D eigenvalue weighted by atomic mass is 9.98. The lowest BCUT2D eigenvalue weighted by Gasteiger charge is -2.12. The Bertz CT molecular complexity index is 739. The second-order valence-corrected chi connectivity index (χ2v) is 5.55. The molecule has 0 unspecified atom stereocenters. The second kappa shape index (κ2) is 6.95. The van der Waals surface area contributed by atoms with Crippen molar-refractivity contribution >= 4 is 35.0 Å². The first-order valence-electron chi connectivity index (χ1n) is 6.74. The molecule has 2 rings (SSSR count). The van der Waals surface area contributed by atoms with Crippen LogP contribution in [-0.4, -0.2) is 11.8 Å². The normalized spacial score (nSPS) is 10.4. The fourth-order valence-electron chi connectivity index (χ4n) is 1.99. The number of benzene rings is 2. The maximum atomic E-state index is 12.7. The van der Waals surface area contributed by atoms with Gasteiger partial charge in [0.2, 0.25) is 0 Å². The number of hydrogen-bond acceptors (Lipinski definition) is 3. The first-order valence-corrected chi connectivity index (χ1v) is 7.49. The zero-order chi connectivity index (χ0) is 16.3. The van der Waals surface area contributed by atoms with E-state index >= 15 is 0 Å². The number of hydrogen-bond donors (Lipinski definition) is 0. The van der Waals surface area contributed by atoms with E-state index < -0.39 is 5.97 Å². The molecule has 2 aromatic rings. The Morgan fingerprint density at radius 1 is 1.09 bits per heavy atom. The Hall–Kier alpha value is -1.84. The van der Waals surface area contributed by atoms with Gasteiger partial charge in [0, 0.05) is 12.0 Å². The molecule has 0 saturated heterocycles. The molecule has 0 fully saturated rings. The van der Waals surface area contributed by atoms with Crippen LogP contribution in [0.3, 0.4) is 0 Å². The van der Waals surface area contributed by atoms with Gasteiger partial charge in [-0.3, -0.25) is 9.59 Å². The molecule has 3 nitrogen and oxygen atoms in total. The number of carbonyl (C=O) groups is 2. The Kier molecular flexibility index (Phi) is 5.22. The molecular formula is C17H14Cl2O3. The maximum absolute atomic E-state index is 12.7. The van der Waals surface area contributed by atoms with Crippen LogP contribution < -0.4 is 4.74 Å². The SMILES string of the molecule is CCC(=O)Oc1cccc(C)c1C(=O)c1ccc(Cl)c(Cl)c1. The third-order valence-corrected chi connectivity index (χ3v) is 3.89. The zero-order valence-electron chi connectivity index (χ0n) is 12.2. The van der Waals surface area contributed by atoms with Crippen LogP contribution in [0.15, 0.2) is 36.4 Å². The second-order valence-electron chi connectivity index (χ2n) is 4.73. The van der Waals surface area contributed by atoms with Gasteiger partial charge in [-0.25, -0.2) is 0 Å². The largest absolute Gasteiger partial charge is 0.426 e. The van der Waals surface area contributed by atoms with Gasteiger partial charge in [0.1, 0.15) is 5.75 Å². The van der Waals surface area contributed by atoms with Gasteiger partial charge < -0.3 is 4.74 Å². The van der Waals surface area contributed by atoms with Gasteiger partial charge in [-0.2, -0.15) is 0 Å². The standard InChI is InChI=1S/C17H14Cl2O3/c1-3-15(20)22-14-6-4-5-10(2)16(14)17(21)11-7-8-12(18)13(19)9-11/h4-9H,3H2,1-2H3. The lowest BCUT2D eigenvalue weighted by molar-refractivity contribution is -0.134. The van der Waals surface area contributed by atoms with Crippen molar-refractivity contribution < 1.29 is 14.3 Å². The van der Waals surface area contributed by atoms with Crippen LogP contribution in [0.1, 0.15) is 34.8 Å². The van der Waals surface area contributed by atoms with Gasteiger partial charge in [0.15, 0.2) is 5.78 Å². The van der Waals surface area contributed by atoms with Crippen LogP contribution >= 0.6 is 23.2 Å². The van der Waals surface area contributed by atoms with E-state index in [-0.39, 0.29) is 18.0 Å². The van der Waals surface area contributed by atoms with Crippen LogP contribution in [0.25, 0.3) is 0 Å². The summed E-state index contributed by atoms with van der Waals surface area (Å²) in [6.07, 6.45) is 0.231. The Morgan fingerprint density at radius 3 is 2.45 bits per heavy atom. The molecule has 0 aliphatic rings. The first kappa shape index (κ1) is 16.5. The molecule has 0 aromatic heterocycles. The fraction of sp³-hybridized carbons (Fsp3) is 0.176. The van der Waals surface area contributed by atoms with Crippen molar-refractivity contribution in [3.63, 3.8) is 0 Å². The number of esters is 1. The third-order valence-electron chi connectivity index (χ3n) is 3.16. The molecule has 0 radical (unpaired) electrons. The maximum Gasteiger partial charge on any atom is 0.310 e.